The molecule has 0 unspecified atom stereocenters. The Bertz CT molecular complexity index is 903. The average molecular weight is 330 g/mol. The van der Waals surface area contributed by atoms with Gasteiger partial charge in [0.2, 0.25) is 0 Å². The van der Waals surface area contributed by atoms with Gasteiger partial charge in [-0.15, -0.1) is 0 Å². The van der Waals surface area contributed by atoms with Crippen molar-refractivity contribution in [2.24, 2.45) is 5.73 Å². The van der Waals surface area contributed by atoms with Crippen LogP contribution in [0.4, 0.5) is 4.39 Å². The molecule has 23 heavy (non-hydrogen) atoms. The van der Waals surface area contributed by atoms with Crippen LogP contribution in [0, 0.1) is 24.1 Å². The van der Waals surface area contributed by atoms with E-state index in [1.54, 1.807) is 18.2 Å². The molecule has 0 aliphatic heterocycles. The van der Waals surface area contributed by atoms with Gasteiger partial charge in [-0.2, -0.15) is 5.26 Å². The fraction of sp³-hybridized carbons (Fsp3) is 0.235. The molecule has 3 atom stereocenters. The molecule has 0 aromatic heterocycles. The van der Waals surface area contributed by atoms with E-state index in [2.05, 4.69) is 0 Å². The molecule has 3 rings (SSSR count). The largest absolute Gasteiger partial charge is 0.312 e. The van der Waals surface area contributed by atoms with Gasteiger partial charge in [0.1, 0.15) is 16.6 Å². The first-order valence-corrected chi connectivity index (χ1v) is 8.61. The molecule has 6 heteroatoms. The van der Waals surface area contributed by atoms with Crippen molar-refractivity contribution in [2.75, 3.05) is 0 Å². The molecular formula is C17H15FN2O2S. The Morgan fingerprint density at radius 2 is 1.87 bits per heavy atom. The first-order chi connectivity index (χ1) is 10.8. The molecule has 0 amide bonds. The van der Waals surface area contributed by atoms with Gasteiger partial charge in [0.05, 0.1) is 11.0 Å². The van der Waals surface area contributed by atoms with E-state index >= 15 is 0 Å². The molecule has 0 heterocycles. The number of hydrogen-bond acceptors (Lipinski definition) is 4. The normalized spacial score (nSPS) is 26.5. The van der Waals surface area contributed by atoms with E-state index in [-0.39, 0.29) is 4.90 Å². The minimum Gasteiger partial charge on any atom is -0.312 e. The van der Waals surface area contributed by atoms with Gasteiger partial charge in [0, 0.05) is 5.92 Å². The number of rotatable bonds is 3. The second-order valence-electron chi connectivity index (χ2n) is 5.86. The van der Waals surface area contributed by atoms with Gasteiger partial charge in [-0.1, -0.05) is 29.8 Å². The van der Waals surface area contributed by atoms with E-state index in [1.165, 1.54) is 30.3 Å². The molecular weight excluding hydrogens is 315 g/mol. The third kappa shape index (κ3) is 2.42. The van der Waals surface area contributed by atoms with E-state index in [0.717, 1.165) is 5.56 Å². The molecule has 4 nitrogen and oxygen atoms in total. The molecule has 0 radical (unpaired) electrons. The number of halogens is 1. The minimum absolute atomic E-state index is 0.122. The van der Waals surface area contributed by atoms with Gasteiger partial charge in [-0.05, 0) is 36.8 Å². The van der Waals surface area contributed by atoms with Gasteiger partial charge in [0.15, 0.2) is 9.84 Å². The molecule has 0 saturated heterocycles. The summed E-state index contributed by atoms with van der Waals surface area (Å²) in [6.45, 7) is 1.85. The van der Waals surface area contributed by atoms with E-state index in [9.17, 15) is 18.1 Å². The summed E-state index contributed by atoms with van der Waals surface area (Å²) in [5.41, 5.74) is 5.82. The summed E-state index contributed by atoms with van der Waals surface area (Å²) in [5.74, 6) is -1.23. The fourth-order valence-electron chi connectivity index (χ4n) is 2.97. The lowest BCUT2D eigenvalue weighted by molar-refractivity contribution is 0.591. The highest BCUT2D eigenvalue weighted by Crippen LogP contribution is 2.55. The van der Waals surface area contributed by atoms with Crippen molar-refractivity contribution in [3.63, 3.8) is 0 Å². The number of nitriles is 1. The lowest BCUT2D eigenvalue weighted by Gasteiger charge is -2.05. The molecule has 118 valence electrons. The third-order valence-corrected chi connectivity index (χ3v) is 6.52. The van der Waals surface area contributed by atoms with Crippen LogP contribution in [0.5, 0.6) is 0 Å². The Labute approximate surface area is 134 Å². The molecule has 2 aromatic rings. The number of nitrogens with zero attached hydrogens (tertiary/aromatic N) is 1. The van der Waals surface area contributed by atoms with Crippen LogP contribution < -0.4 is 5.73 Å². The number of aryl methyl sites for hydroxylation is 1. The van der Waals surface area contributed by atoms with Crippen LogP contribution in [0.1, 0.15) is 17.0 Å². The van der Waals surface area contributed by atoms with Crippen LogP contribution in [-0.2, 0) is 9.84 Å². The number of hydrogen-bond donors (Lipinski definition) is 1. The Morgan fingerprint density at radius 3 is 2.43 bits per heavy atom. The zero-order valence-corrected chi connectivity index (χ0v) is 13.2. The molecule has 2 aromatic carbocycles. The first-order valence-electron chi connectivity index (χ1n) is 7.07. The maximum Gasteiger partial charge on any atom is 0.184 e. The average Bonchev–Trinajstić information content (AvgIpc) is 3.15. The molecule has 1 fully saturated rings. The number of nitrogens with two attached hydrogens (primary N) is 1. The van der Waals surface area contributed by atoms with Crippen molar-refractivity contribution in [2.45, 2.75) is 28.5 Å². The summed E-state index contributed by atoms with van der Waals surface area (Å²) in [7, 11) is -3.78. The summed E-state index contributed by atoms with van der Waals surface area (Å²) in [6, 6.07) is 13.9. The molecule has 0 bridgehead atoms. The maximum absolute atomic E-state index is 13.4. The fourth-order valence-corrected chi connectivity index (χ4v) is 5.15. The van der Waals surface area contributed by atoms with Gasteiger partial charge < -0.3 is 5.73 Å². The number of sulfone groups is 1. The third-order valence-electron chi connectivity index (χ3n) is 4.26. The van der Waals surface area contributed by atoms with Crippen molar-refractivity contribution in [3.05, 3.63) is 65.5 Å². The van der Waals surface area contributed by atoms with Crippen LogP contribution in [0.25, 0.3) is 0 Å². The van der Waals surface area contributed by atoms with E-state index in [1.807, 2.05) is 13.0 Å². The Morgan fingerprint density at radius 1 is 1.22 bits per heavy atom. The highest BCUT2D eigenvalue weighted by atomic mass is 32.2. The van der Waals surface area contributed by atoms with Crippen molar-refractivity contribution >= 4 is 9.84 Å². The lowest BCUT2D eigenvalue weighted by atomic mass is 10.1. The monoisotopic (exact) mass is 330 g/mol. The zero-order valence-electron chi connectivity index (χ0n) is 12.4. The Hall–Kier alpha value is -2.23. The highest BCUT2D eigenvalue weighted by Gasteiger charge is 2.70. The smallest absolute Gasteiger partial charge is 0.184 e. The molecule has 1 saturated carbocycles. The molecule has 2 N–H and O–H groups in total. The van der Waals surface area contributed by atoms with E-state index in [4.69, 9.17) is 5.73 Å². The lowest BCUT2D eigenvalue weighted by Crippen LogP contribution is -2.29. The molecule has 1 aliphatic rings. The highest BCUT2D eigenvalue weighted by molar-refractivity contribution is 7.92. The molecule has 1 aliphatic carbocycles. The van der Waals surface area contributed by atoms with Crippen LogP contribution in [0.3, 0.4) is 0 Å². The standard InChI is InChI=1S/C17H15FN2O2S/c1-11-5-7-14(8-6-11)23(21,22)16-15(17(16,20)10-19)12-3-2-4-13(18)9-12/h2-9,15-16H,20H2,1H3/t15-,16+,17+/m1/s1. The zero-order chi connectivity index (χ0) is 16.8. The van der Waals surface area contributed by atoms with Crippen molar-refractivity contribution in [1.29, 1.82) is 5.26 Å². The quantitative estimate of drug-likeness (QED) is 0.936. The van der Waals surface area contributed by atoms with Crippen molar-refractivity contribution in [1.82, 2.24) is 0 Å². The van der Waals surface area contributed by atoms with Crippen LogP contribution in [-0.4, -0.2) is 19.2 Å². The van der Waals surface area contributed by atoms with Gasteiger partial charge in [-0.3, -0.25) is 0 Å². The predicted molar refractivity (Wildman–Crippen MR) is 83.8 cm³/mol. The van der Waals surface area contributed by atoms with Crippen molar-refractivity contribution < 1.29 is 12.8 Å². The summed E-state index contributed by atoms with van der Waals surface area (Å²) in [6.07, 6.45) is 0. The maximum atomic E-state index is 13.4. The summed E-state index contributed by atoms with van der Waals surface area (Å²) in [4.78, 5) is 0.122. The number of benzene rings is 2. The van der Waals surface area contributed by atoms with Gasteiger partial charge >= 0.3 is 0 Å². The Balaban J connectivity index is 2.05. The summed E-state index contributed by atoms with van der Waals surface area (Å²) < 4.78 is 39.1. The molecule has 0 spiro atoms. The Kier molecular flexibility index (Phi) is 3.51. The van der Waals surface area contributed by atoms with Crippen molar-refractivity contribution in [3.8, 4) is 6.07 Å². The topological polar surface area (TPSA) is 83.9 Å². The summed E-state index contributed by atoms with van der Waals surface area (Å²) in [5, 5.41) is 8.28. The van der Waals surface area contributed by atoms with Crippen LogP contribution in [0.15, 0.2) is 53.4 Å². The van der Waals surface area contributed by atoms with Gasteiger partial charge in [0.25, 0.3) is 0 Å². The van der Waals surface area contributed by atoms with E-state index < -0.39 is 32.4 Å². The van der Waals surface area contributed by atoms with E-state index in [0.29, 0.717) is 5.56 Å². The van der Waals surface area contributed by atoms with Crippen LogP contribution >= 0.6 is 0 Å². The first kappa shape index (κ1) is 15.7. The minimum atomic E-state index is -3.78. The SMILES string of the molecule is Cc1ccc(S(=O)(=O)[C@H]2[C@@H](c3cccc(F)c3)[C@@]2(N)C#N)cc1. The van der Waals surface area contributed by atoms with Crippen LogP contribution in [0.2, 0.25) is 0 Å². The second-order valence-corrected chi connectivity index (χ2v) is 7.93. The summed E-state index contributed by atoms with van der Waals surface area (Å²) >= 11 is 0. The van der Waals surface area contributed by atoms with Gasteiger partial charge in [-0.25, -0.2) is 12.8 Å². The second kappa shape index (κ2) is 5.15. The predicted octanol–water partition coefficient (Wildman–Crippen LogP) is 2.29.